The molecular formula is C13H16N2O3. The summed E-state index contributed by atoms with van der Waals surface area (Å²) in [6.45, 7) is 1.42. The molecule has 2 rings (SSSR count). The van der Waals surface area contributed by atoms with Crippen molar-refractivity contribution in [3.05, 3.63) is 30.0 Å². The van der Waals surface area contributed by atoms with Crippen molar-refractivity contribution >= 4 is 16.9 Å². The lowest BCUT2D eigenvalue weighted by molar-refractivity contribution is 0.0691. The number of aromatic carboxylic acids is 1. The van der Waals surface area contributed by atoms with Crippen molar-refractivity contribution in [3.63, 3.8) is 0 Å². The van der Waals surface area contributed by atoms with Gasteiger partial charge in [-0.05, 0) is 18.9 Å². The number of hydrogen-bond acceptors (Lipinski definition) is 3. The summed E-state index contributed by atoms with van der Waals surface area (Å²) >= 11 is 0. The Balaban J connectivity index is 2.24. The first-order valence-corrected chi connectivity index (χ1v) is 5.92. The summed E-state index contributed by atoms with van der Waals surface area (Å²) < 4.78 is 6.75. The van der Waals surface area contributed by atoms with Gasteiger partial charge in [0, 0.05) is 25.6 Å². The van der Waals surface area contributed by atoms with Crippen LogP contribution in [0, 0.1) is 0 Å². The van der Waals surface area contributed by atoms with Gasteiger partial charge in [0.15, 0.2) is 5.69 Å². The topological polar surface area (TPSA) is 64.4 Å². The first-order valence-electron chi connectivity index (χ1n) is 5.92. The maximum atomic E-state index is 11.1. The van der Waals surface area contributed by atoms with Crippen molar-refractivity contribution in [2.24, 2.45) is 0 Å². The average molecular weight is 248 g/mol. The Morgan fingerprint density at radius 1 is 1.39 bits per heavy atom. The summed E-state index contributed by atoms with van der Waals surface area (Å²) in [5, 5.41) is 14.0. The first-order chi connectivity index (χ1) is 8.74. The summed E-state index contributed by atoms with van der Waals surface area (Å²) in [7, 11) is 1.67. The van der Waals surface area contributed by atoms with Crippen LogP contribution in [0.1, 0.15) is 23.3 Å². The highest BCUT2D eigenvalue weighted by Gasteiger charge is 2.15. The van der Waals surface area contributed by atoms with Crippen molar-refractivity contribution in [2.45, 2.75) is 19.4 Å². The fourth-order valence-corrected chi connectivity index (χ4v) is 1.96. The number of benzene rings is 1. The fraction of sp³-hybridized carbons (Fsp3) is 0.385. The SMILES string of the molecule is COCCCCn1nc(C(=O)O)c2ccccc21. The Labute approximate surface area is 105 Å². The molecule has 1 aromatic carbocycles. The molecule has 1 heterocycles. The summed E-state index contributed by atoms with van der Waals surface area (Å²) in [6, 6.07) is 7.40. The number of fused-ring (bicyclic) bond motifs is 1. The highest BCUT2D eigenvalue weighted by Crippen LogP contribution is 2.18. The molecule has 96 valence electrons. The van der Waals surface area contributed by atoms with E-state index in [-0.39, 0.29) is 5.69 Å². The Morgan fingerprint density at radius 3 is 2.89 bits per heavy atom. The van der Waals surface area contributed by atoms with Gasteiger partial charge in [-0.2, -0.15) is 5.10 Å². The molecule has 0 saturated carbocycles. The van der Waals surface area contributed by atoms with Crippen LogP contribution in [-0.4, -0.2) is 34.6 Å². The number of aryl methyl sites for hydroxylation is 1. The van der Waals surface area contributed by atoms with E-state index >= 15 is 0 Å². The van der Waals surface area contributed by atoms with Gasteiger partial charge in [0.1, 0.15) is 0 Å². The van der Waals surface area contributed by atoms with E-state index in [2.05, 4.69) is 5.10 Å². The van der Waals surface area contributed by atoms with Crippen LogP contribution in [-0.2, 0) is 11.3 Å². The molecule has 0 aliphatic rings. The Morgan fingerprint density at radius 2 is 2.17 bits per heavy atom. The number of carboxylic acids is 1. The fourth-order valence-electron chi connectivity index (χ4n) is 1.96. The second-order valence-electron chi connectivity index (χ2n) is 4.09. The number of carbonyl (C=O) groups is 1. The second-order valence-corrected chi connectivity index (χ2v) is 4.09. The number of ether oxygens (including phenoxy) is 1. The lowest BCUT2D eigenvalue weighted by atomic mass is 10.2. The third-order valence-electron chi connectivity index (χ3n) is 2.83. The van der Waals surface area contributed by atoms with Crippen LogP contribution >= 0.6 is 0 Å². The molecule has 0 bridgehead atoms. The van der Waals surface area contributed by atoms with E-state index in [0.29, 0.717) is 18.5 Å². The number of rotatable bonds is 6. The van der Waals surface area contributed by atoms with Gasteiger partial charge in [0.05, 0.1) is 5.52 Å². The normalized spacial score (nSPS) is 10.9. The van der Waals surface area contributed by atoms with E-state index in [4.69, 9.17) is 9.84 Å². The number of carboxylic acid groups (broad SMARTS) is 1. The average Bonchev–Trinajstić information content (AvgIpc) is 2.74. The largest absolute Gasteiger partial charge is 0.476 e. The Kier molecular flexibility index (Phi) is 3.94. The van der Waals surface area contributed by atoms with Crippen LogP contribution < -0.4 is 0 Å². The zero-order valence-electron chi connectivity index (χ0n) is 10.3. The van der Waals surface area contributed by atoms with Gasteiger partial charge in [-0.25, -0.2) is 4.79 Å². The number of nitrogens with zero attached hydrogens (tertiary/aromatic N) is 2. The molecule has 0 aliphatic carbocycles. The molecule has 0 atom stereocenters. The minimum Gasteiger partial charge on any atom is -0.476 e. The third-order valence-corrected chi connectivity index (χ3v) is 2.83. The molecule has 2 aromatic rings. The van der Waals surface area contributed by atoms with Crippen molar-refractivity contribution in [1.82, 2.24) is 9.78 Å². The van der Waals surface area contributed by atoms with Crippen molar-refractivity contribution in [1.29, 1.82) is 0 Å². The standard InChI is InChI=1S/C13H16N2O3/c1-18-9-5-4-8-15-11-7-3-2-6-10(11)12(14-15)13(16)17/h2-3,6-7H,4-5,8-9H2,1H3,(H,16,17). The van der Waals surface area contributed by atoms with Crippen LogP contribution in [0.3, 0.4) is 0 Å². The summed E-state index contributed by atoms with van der Waals surface area (Å²) in [6.07, 6.45) is 1.85. The summed E-state index contributed by atoms with van der Waals surface area (Å²) in [5.41, 5.74) is 0.990. The van der Waals surface area contributed by atoms with E-state index in [1.165, 1.54) is 0 Å². The molecule has 1 aromatic heterocycles. The molecule has 0 spiro atoms. The lowest BCUT2D eigenvalue weighted by Gasteiger charge is -2.02. The molecule has 0 saturated heterocycles. The van der Waals surface area contributed by atoms with Crippen LogP contribution in [0.2, 0.25) is 0 Å². The van der Waals surface area contributed by atoms with Crippen LogP contribution in [0.5, 0.6) is 0 Å². The molecule has 0 unspecified atom stereocenters. The smallest absolute Gasteiger partial charge is 0.357 e. The zero-order chi connectivity index (χ0) is 13.0. The molecule has 5 heteroatoms. The highest BCUT2D eigenvalue weighted by atomic mass is 16.5. The molecular weight excluding hydrogens is 232 g/mol. The molecule has 5 nitrogen and oxygen atoms in total. The highest BCUT2D eigenvalue weighted by molar-refractivity contribution is 6.01. The van der Waals surface area contributed by atoms with Crippen LogP contribution in [0.4, 0.5) is 0 Å². The quantitative estimate of drug-likeness (QED) is 0.796. The van der Waals surface area contributed by atoms with Crippen molar-refractivity contribution in [2.75, 3.05) is 13.7 Å². The van der Waals surface area contributed by atoms with Gasteiger partial charge in [-0.3, -0.25) is 4.68 Å². The second kappa shape index (κ2) is 5.64. The van der Waals surface area contributed by atoms with Gasteiger partial charge < -0.3 is 9.84 Å². The monoisotopic (exact) mass is 248 g/mol. The van der Waals surface area contributed by atoms with E-state index in [1.54, 1.807) is 17.9 Å². The van der Waals surface area contributed by atoms with E-state index < -0.39 is 5.97 Å². The maximum Gasteiger partial charge on any atom is 0.357 e. The minimum atomic E-state index is -0.984. The van der Waals surface area contributed by atoms with Crippen LogP contribution in [0.15, 0.2) is 24.3 Å². The third kappa shape index (κ3) is 2.51. The van der Waals surface area contributed by atoms with Gasteiger partial charge in [0.2, 0.25) is 0 Å². The van der Waals surface area contributed by atoms with Gasteiger partial charge in [-0.1, -0.05) is 18.2 Å². The van der Waals surface area contributed by atoms with Gasteiger partial charge in [-0.15, -0.1) is 0 Å². The van der Waals surface area contributed by atoms with E-state index in [0.717, 1.165) is 18.4 Å². The minimum absolute atomic E-state index is 0.123. The molecule has 1 N–H and O–H groups in total. The maximum absolute atomic E-state index is 11.1. The van der Waals surface area contributed by atoms with E-state index in [9.17, 15) is 4.79 Å². The molecule has 0 radical (unpaired) electrons. The van der Waals surface area contributed by atoms with Crippen LogP contribution in [0.25, 0.3) is 10.9 Å². The first kappa shape index (κ1) is 12.6. The molecule has 18 heavy (non-hydrogen) atoms. The van der Waals surface area contributed by atoms with Gasteiger partial charge >= 0.3 is 5.97 Å². The number of aromatic nitrogens is 2. The summed E-state index contributed by atoms with van der Waals surface area (Å²) in [5.74, 6) is -0.984. The number of unbranched alkanes of at least 4 members (excludes halogenated alkanes) is 1. The number of hydrogen-bond donors (Lipinski definition) is 1. The molecule has 0 amide bonds. The summed E-state index contributed by atoms with van der Waals surface area (Å²) in [4.78, 5) is 11.1. The van der Waals surface area contributed by atoms with Crippen molar-refractivity contribution < 1.29 is 14.6 Å². The molecule has 0 fully saturated rings. The zero-order valence-corrected chi connectivity index (χ0v) is 10.3. The number of para-hydroxylation sites is 1. The Bertz CT molecular complexity index is 548. The molecule has 0 aliphatic heterocycles. The predicted molar refractivity (Wildman–Crippen MR) is 67.8 cm³/mol. The van der Waals surface area contributed by atoms with E-state index in [1.807, 2.05) is 18.2 Å². The lowest BCUT2D eigenvalue weighted by Crippen LogP contribution is -2.04. The van der Waals surface area contributed by atoms with Crippen molar-refractivity contribution in [3.8, 4) is 0 Å². The number of methoxy groups -OCH3 is 1. The van der Waals surface area contributed by atoms with Gasteiger partial charge in [0.25, 0.3) is 0 Å². The Hall–Kier alpha value is -1.88. The predicted octanol–water partition coefficient (Wildman–Crippen LogP) is 2.16.